The molecular weight excluding hydrogens is 473 g/mol. The fourth-order valence-electron chi connectivity index (χ4n) is 3.95. The standard InChI is InChI=1S/C19H39N5OS.HI/c1-5-26(25)18-8-6-7-17(13-18)22-19(20-3)21-14-16(2)15-24-11-9-23(4)10-12-24;/h16-18H,5-15H2,1-4H3,(H2,20,21,22);1H. The molecule has 1 saturated carbocycles. The number of guanidine groups is 1. The van der Waals surface area contributed by atoms with Gasteiger partial charge in [0.2, 0.25) is 0 Å². The molecule has 6 nitrogen and oxygen atoms in total. The quantitative estimate of drug-likeness (QED) is 0.309. The molecule has 2 fully saturated rings. The highest BCUT2D eigenvalue weighted by atomic mass is 127. The summed E-state index contributed by atoms with van der Waals surface area (Å²) in [6.07, 6.45) is 4.41. The highest BCUT2D eigenvalue weighted by Crippen LogP contribution is 2.22. The lowest BCUT2D eigenvalue weighted by molar-refractivity contribution is 0.139. The fourth-order valence-corrected chi connectivity index (χ4v) is 5.29. The van der Waals surface area contributed by atoms with Crippen molar-refractivity contribution in [3.63, 3.8) is 0 Å². The SMILES string of the molecule is CCS(=O)C1CCCC(NC(=NC)NCC(C)CN2CCN(C)CC2)C1.I. The van der Waals surface area contributed by atoms with Gasteiger partial charge in [-0.05, 0) is 32.2 Å². The third-order valence-corrected chi connectivity index (χ3v) is 7.37. The molecule has 1 saturated heterocycles. The van der Waals surface area contributed by atoms with E-state index in [9.17, 15) is 4.21 Å². The second-order valence-corrected chi connectivity index (χ2v) is 9.97. The molecular formula is C19H40IN5OS. The van der Waals surface area contributed by atoms with Crippen LogP contribution >= 0.6 is 24.0 Å². The molecule has 2 aliphatic rings. The molecule has 27 heavy (non-hydrogen) atoms. The molecule has 0 spiro atoms. The molecule has 2 rings (SSSR count). The zero-order chi connectivity index (χ0) is 18.9. The van der Waals surface area contributed by atoms with Gasteiger partial charge in [-0.15, -0.1) is 24.0 Å². The van der Waals surface area contributed by atoms with Crippen molar-refractivity contribution in [1.82, 2.24) is 20.4 Å². The van der Waals surface area contributed by atoms with Gasteiger partial charge in [-0.3, -0.25) is 9.20 Å². The van der Waals surface area contributed by atoms with Gasteiger partial charge in [0.05, 0.1) is 0 Å². The molecule has 0 aromatic rings. The zero-order valence-corrected chi connectivity index (χ0v) is 20.7. The van der Waals surface area contributed by atoms with E-state index in [4.69, 9.17) is 0 Å². The molecule has 160 valence electrons. The van der Waals surface area contributed by atoms with Gasteiger partial charge in [-0.1, -0.05) is 20.3 Å². The Labute approximate surface area is 185 Å². The molecule has 0 aromatic heterocycles. The number of likely N-dealkylation sites (N-methyl/N-ethyl adjacent to an activating group) is 1. The highest BCUT2D eigenvalue weighted by molar-refractivity contribution is 14.0. The van der Waals surface area contributed by atoms with Gasteiger partial charge in [0, 0.05) is 74.2 Å². The predicted molar refractivity (Wildman–Crippen MR) is 128 cm³/mol. The average molecular weight is 514 g/mol. The van der Waals surface area contributed by atoms with Gasteiger partial charge in [0.15, 0.2) is 5.96 Å². The smallest absolute Gasteiger partial charge is 0.191 e. The Morgan fingerprint density at radius 2 is 1.96 bits per heavy atom. The molecule has 8 heteroatoms. The van der Waals surface area contributed by atoms with Gasteiger partial charge in [-0.2, -0.15) is 0 Å². The number of piperazine rings is 1. The van der Waals surface area contributed by atoms with Crippen LogP contribution in [0.15, 0.2) is 4.99 Å². The first kappa shape index (κ1) is 25.1. The van der Waals surface area contributed by atoms with Crippen molar-refractivity contribution in [2.45, 2.75) is 50.8 Å². The molecule has 2 N–H and O–H groups in total. The van der Waals surface area contributed by atoms with Crippen LogP contribution in [0.1, 0.15) is 39.5 Å². The van der Waals surface area contributed by atoms with Crippen LogP contribution in [-0.4, -0.2) is 90.4 Å². The normalized spacial score (nSPS) is 27.5. The minimum atomic E-state index is -0.678. The number of aliphatic imine (C=N–C) groups is 1. The number of nitrogens with zero attached hydrogens (tertiary/aromatic N) is 3. The third-order valence-electron chi connectivity index (χ3n) is 5.63. The van der Waals surface area contributed by atoms with Crippen molar-refractivity contribution in [1.29, 1.82) is 0 Å². The Morgan fingerprint density at radius 1 is 1.26 bits per heavy atom. The van der Waals surface area contributed by atoms with Crippen LogP contribution in [0, 0.1) is 5.92 Å². The number of rotatable bonds is 7. The lowest BCUT2D eigenvalue weighted by Gasteiger charge is -2.34. The molecule has 0 bridgehead atoms. The van der Waals surface area contributed by atoms with Crippen LogP contribution in [0.2, 0.25) is 0 Å². The second kappa shape index (κ2) is 13.3. The number of halogens is 1. The van der Waals surface area contributed by atoms with Crippen molar-refractivity contribution in [2.75, 3.05) is 59.1 Å². The maximum absolute atomic E-state index is 12.1. The van der Waals surface area contributed by atoms with Gasteiger partial charge < -0.3 is 20.4 Å². The van der Waals surface area contributed by atoms with E-state index in [0.717, 1.165) is 50.5 Å². The molecule has 1 aliphatic carbocycles. The molecule has 4 unspecified atom stereocenters. The van der Waals surface area contributed by atoms with Crippen LogP contribution in [0.5, 0.6) is 0 Å². The molecule has 4 atom stereocenters. The van der Waals surface area contributed by atoms with E-state index in [-0.39, 0.29) is 24.0 Å². The summed E-state index contributed by atoms with van der Waals surface area (Å²) >= 11 is 0. The summed E-state index contributed by atoms with van der Waals surface area (Å²) in [5.74, 6) is 2.25. The Balaban J connectivity index is 0.00000364. The summed E-state index contributed by atoms with van der Waals surface area (Å²) in [7, 11) is 3.36. The van der Waals surface area contributed by atoms with Gasteiger partial charge in [0.25, 0.3) is 0 Å². The van der Waals surface area contributed by atoms with E-state index < -0.39 is 10.8 Å². The lowest BCUT2D eigenvalue weighted by atomic mass is 9.95. The zero-order valence-electron chi connectivity index (χ0n) is 17.6. The summed E-state index contributed by atoms with van der Waals surface area (Å²) < 4.78 is 12.1. The van der Waals surface area contributed by atoms with Crippen LogP contribution in [0.3, 0.4) is 0 Å². The van der Waals surface area contributed by atoms with E-state index in [1.165, 1.54) is 26.2 Å². The van der Waals surface area contributed by atoms with E-state index in [2.05, 4.69) is 39.4 Å². The van der Waals surface area contributed by atoms with Crippen LogP contribution in [0.25, 0.3) is 0 Å². The Bertz CT molecular complexity index is 471. The maximum atomic E-state index is 12.1. The van der Waals surface area contributed by atoms with Crippen molar-refractivity contribution < 1.29 is 4.21 Å². The second-order valence-electron chi connectivity index (χ2n) is 7.96. The molecule has 0 radical (unpaired) electrons. The topological polar surface area (TPSA) is 60.0 Å². The van der Waals surface area contributed by atoms with Gasteiger partial charge in [0.1, 0.15) is 0 Å². The molecule has 0 amide bonds. The number of hydrogen-bond acceptors (Lipinski definition) is 4. The Kier molecular flexibility index (Phi) is 12.4. The van der Waals surface area contributed by atoms with E-state index >= 15 is 0 Å². The predicted octanol–water partition coefficient (Wildman–Crippen LogP) is 1.73. The fraction of sp³-hybridized carbons (Fsp3) is 0.947. The summed E-state index contributed by atoms with van der Waals surface area (Å²) in [5, 5.41) is 7.41. The Hall–Kier alpha value is 0.0700. The molecule has 1 heterocycles. The van der Waals surface area contributed by atoms with Gasteiger partial charge >= 0.3 is 0 Å². The Morgan fingerprint density at radius 3 is 2.59 bits per heavy atom. The lowest BCUT2D eigenvalue weighted by Crippen LogP contribution is -2.49. The summed E-state index contributed by atoms with van der Waals surface area (Å²) in [5.41, 5.74) is 0. The number of hydrogen-bond donors (Lipinski definition) is 2. The maximum Gasteiger partial charge on any atom is 0.191 e. The minimum absolute atomic E-state index is 0. The first-order chi connectivity index (χ1) is 12.5. The summed E-state index contributed by atoms with van der Waals surface area (Å²) in [4.78, 5) is 9.36. The van der Waals surface area contributed by atoms with Crippen LogP contribution < -0.4 is 10.6 Å². The first-order valence-corrected chi connectivity index (χ1v) is 11.6. The van der Waals surface area contributed by atoms with Crippen molar-refractivity contribution in [3.8, 4) is 0 Å². The van der Waals surface area contributed by atoms with E-state index in [0.29, 0.717) is 17.2 Å². The van der Waals surface area contributed by atoms with Crippen molar-refractivity contribution in [3.05, 3.63) is 0 Å². The molecule has 0 aromatic carbocycles. The molecule has 1 aliphatic heterocycles. The summed E-state index contributed by atoms with van der Waals surface area (Å²) in [6.45, 7) is 11.1. The first-order valence-electron chi connectivity index (χ1n) is 10.3. The van der Waals surface area contributed by atoms with Gasteiger partial charge in [-0.25, -0.2) is 0 Å². The number of nitrogens with one attached hydrogen (secondary N) is 2. The average Bonchev–Trinajstić information content (AvgIpc) is 2.66. The van der Waals surface area contributed by atoms with E-state index in [1.54, 1.807) is 0 Å². The van der Waals surface area contributed by atoms with Crippen molar-refractivity contribution >= 4 is 40.7 Å². The van der Waals surface area contributed by atoms with E-state index in [1.807, 2.05) is 14.0 Å². The van der Waals surface area contributed by atoms with Crippen LogP contribution in [0.4, 0.5) is 0 Å². The third kappa shape index (κ3) is 8.95. The summed E-state index contributed by atoms with van der Waals surface area (Å²) in [6, 6.07) is 0.392. The van der Waals surface area contributed by atoms with Crippen LogP contribution in [-0.2, 0) is 10.8 Å². The highest BCUT2D eigenvalue weighted by Gasteiger charge is 2.26. The van der Waals surface area contributed by atoms with Crippen molar-refractivity contribution in [2.24, 2.45) is 10.9 Å². The monoisotopic (exact) mass is 513 g/mol. The largest absolute Gasteiger partial charge is 0.356 e. The minimum Gasteiger partial charge on any atom is -0.356 e.